The highest BCUT2D eigenvalue weighted by molar-refractivity contribution is 7.80. The van der Waals surface area contributed by atoms with Gasteiger partial charge in [0, 0.05) is 24.7 Å². The highest BCUT2D eigenvalue weighted by Crippen LogP contribution is 2.37. The SMILES string of the molecule is Fc1ccc(F)c([C@H]2CCCN2c2ccn3nc(F)c(NC(=S)N[C@H]4C[C@H]4F)c3n2)c1. The summed E-state index contributed by atoms with van der Waals surface area (Å²) in [5, 5.41) is 9.33. The Labute approximate surface area is 180 Å². The third kappa shape index (κ3) is 3.78. The maximum Gasteiger partial charge on any atom is 0.258 e. The molecule has 0 radical (unpaired) electrons. The van der Waals surface area contributed by atoms with Crippen LogP contribution < -0.4 is 15.5 Å². The molecular formula is C20H18F4N6S. The van der Waals surface area contributed by atoms with E-state index in [4.69, 9.17) is 12.2 Å². The van der Waals surface area contributed by atoms with Gasteiger partial charge in [0.05, 0.1) is 12.1 Å². The van der Waals surface area contributed by atoms with Crippen LogP contribution in [0.15, 0.2) is 30.5 Å². The molecule has 2 N–H and O–H groups in total. The molecule has 3 atom stereocenters. The summed E-state index contributed by atoms with van der Waals surface area (Å²) in [6, 6.07) is 4.27. The molecule has 0 bridgehead atoms. The Kier molecular flexibility index (Phi) is 4.92. The second kappa shape index (κ2) is 7.63. The second-order valence-corrected chi connectivity index (χ2v) is 8.10. The van der Waals surface area contributed by atoms with Crippen LogP contribution in [0.1, 0.15) is 30.9 Å². The smallest absolute Gasteiger partial charge is 0.258 e. The summed E-state index contributed by atoms with van der Waals surface area (Å²) in [5.74, 6) is -1.33. The van der Waals surface area contributed by atoms with Gasteiger partial charge in [-0.05, 0) is 49.3 Å². The van der Waals surface area contributed by atoms with Crippen LogP contribution in [-0.2, 0) is 0 Å². The van der Waals surface area contributed by atoms with Gasteiger partial charge in [-0.3, -0.25) is 0 Å². The third-order valence-corrected chi connectivity index (χ3v) is 5.78. The first kappa shape index (κ1) is 20.0. The summed E-state index contributed by atoms with van der Waals surface area (Å²) in [6.45, 7) is 0.586. The van der Waals surface area contributed by atoms with E-state index in [1.165, 1.54) is 16.8 Å². The van der Waals surface area contributed by atoms with Crippen LogP contribution >= 0.6 is 12.2 Å². The molecule has 162 valence electrons. The Balaban J connectivity index is 1.46. The van der Waals surface area contributed by atoms with Gasteiger partial charge < -0.3 is 15.5 Å². The number of nitrogens with one attached hydrogen (secondary N) is 2. The van der Waals surface area contributed by atoms with E-state index >= 15 is 0 Å². The number of benzene rings is 1. The monoisotopic (exact) mass is 450 g/mol. The Morgan fingerprint density at radius 2 is 2.00 bits per heavy atom. The zero-order valence-electron chi connectivity index (χ0n) is 16.2. The van der Waals surface area contributed by atoms with E-state index in [1.54, 1.807) is 6.07 Å². The first-order valence-electron chi connectivity index (χ1n) is 9.89. The summed E-state index contributed by atoms with van der Waals surface area (Å²) in [6.07, 6.45) is 2.33. The molecule has 2 aliphatic rings. The second-order valence-electron chi connectivity index (χ2n) is 7.69. The van der Waals surface area contributed by atoms with Crippen molar-refractivity contribution in [3.05, 3.63) is 53.6 Å². The summed E-state index contributed by atoms with van der Waals surface area (Å²) >= 11 is 5.14. The van der Waals surface area contributed by atoms with Crippen molar-refractivity contribution < 1.29 is 17.6 Å². The van der Waals surface area contributed by atoms with Gasteiger partial charge in [0.2, 0.25) is 0 Å². The van der Waals surface area contributed by atoms with Crippen LogP contribution in [0.25, 0.3) is 5.65 Å². The van der Waals surface area contributed by atoms with Gasteiger partial charge in [-0.15, -0.1) is 5.10 Å². The Bertz CT molecular complexity index is 1170. The van der Waals surface area contributed by atoms with Gasteiger partial charge in [-0.25, -0.2) is 22.7 Å². The van der Waals surface area contributed by atoms with E-state index in [9.17, 15) is 17.6 Å². The van der Waals surface area contributed by atoms with E-state index in [2.05, 4.69) is 20.7 Å². The lowest BCUT2D eigenvalue weighted by molar-refractivity contribution is 0.461. The molecule has 6 nitrogen and oxygen atoms in total. The summed E-state index contributed by atoms with van der Waals surface area (Å²) in [4.78, 5) is 6.38. The quantitative estimate of drug-likeness (QED) is 0.465. The molecule has 11 heteroatoms. The van der Waals surface area contributed by atoms with Gasteiger partial charge in [0.15, 0.2) is 10.8 Å². The van der Waals surface area contributed by atoms with Crippen molar-refractivity contribution in [1.82, 2.24) is 19.9 Å². The maximum atomic E-state index is 14.4. The van der Waals surface area contributed by atoms with Crippen molar-refractivity contribution in [2.75, 3.05) is 16.8 Å². The Morgan fingerprint density at radius 3 is 2.77 bits per heavy atom. The molecule has 0 spiro atoms. The van der Waals surface area contributed by atoms with Crippen molar-refractivity contribution >= 4 is 34.5 Å². The van der Waals surface area contributed by atoms with Crippen LogP contribution in [0.3, 0.4) is 0 Å². The van der Waals surface area contributed by atoms with Crippen molar-refractivity contribution in [3.63, 3.8) is 0 Å². The number of rotatable bonds is 4. The van der Waals surface area contributed by atoms with Gasteiger partial charge >= 0.3 is 0 Å². The molecule has 3 aromatic rings. The third-order valence-electron chi connectivity index (χ3n) is 5.56. The molecule has 0 unspecified atom stereocenters. The lowest BCUT2D eigenvalue weighted by Gasteiger charge is -2.26. The zero-order valence-corrected chi connectivity index (χ0v) is 17.0. The van der Waals surface area contributed by atoms with Crippen LogP contribution in [0, 0.1) is 17.6 Å². The highest BCUT2D eigenvalue weighted by Gasteiger charge is 2.38. The van der Waals surface area contributed by atoms with Gasteiger partial charge in [0.1, 0.15) is 29.3 Å². The lowest BCUT2D eigenvalue weighted by Crippen LogP contribution is -2.31. The van der Waals surface area contributed by atoms with Crippen LogP contribution in [0.5, 0.6) is 0 Å². The van der Waals surface area contributed by atoms with E-state index in [-0.39, 0.29) is 28.1 Å². The number of hydrogen-bond acceptors (Lipinski definition) is 4. The molecule has 2 fully saturated rings. The van der Waals surface area contributed by atoms with Crippen molar-refractivity contribution in [2.24, 2.45) is 0 Å². The van der Waals surface area contributed by atoms with E-state index in [0.717, 1.165) is 18.6 Å². The number of nitrogens with zero attached hydrogens (tertiary/aromatic N) is 4. The van der Waals surface area contributed by atoms with E-state index in [0.29, 0.717) is 25.2 Å². The number of halogens is 4. The minimum Gasteiger partial charge on any atom is -0.357 e. The van der Waals surface area contributed by atoms with E-state index in [1.807, 2.05) is 4.90 Å². The molecule has 31 heavy (non-hydrogen) atoms. The standard InChI is InChI=1S/C20H18F4N6S/c21-10-3-4-12(22)11(8-10)15-2-1-6-29(15)16-5-7-30-19(26-16)17(18(24)28-30)27-20(31)25-14-9-13(14)23/h3-5,7-8,13-15H,1-2,6,9H2,(H2,25,27,31)/t13-,14+,15-/m1/s1. The predicted molar refractivity (Wildman–Crippen MR) is 111 cm³/mol. The maximum absolute atomic E-state index is 14.4. The molecule has 5 rings (SSSR count). The number of hydrogen-bond donors (Lipinski definition) is 2. The fourth-order valence-corrected chi connectivity index (χ4v) is 4.18. The van der Waals surface area contributed by atoms with Crippen LogP contribution in [-0.4, -0.2) is 38.5 Å². The fraction of sp³-hybridized carbons (Fsp3) is 0.350. The number of fused-ring (bicyclic) bond motifs is 1. The molecule has 1 aromatic carbocycles. The molecule has 1 saturated heterocycles. The molecule has 2 aromatic heterocycles. The molecular weight excluding hydrogens is 432 g/mol. The van der Waals surface area contributed by atoms with Crippen molar-refractivity contribution in [1.29, 1.82) is 0 Å². The highest BCUT2D eigenvalue weighted by atomic mass is 32.1. The summed E-state index contributed by atoms with van der Waals surface area (Å²) < 4.78 is 56.9. The number of anilines is 2. The Morgan fingerprint density at radius 1 is 1.19 bits per heavy atom. The molecule has 3 heterocycles. The average Bonchev–Trinajstić information content (AvgIpc) is 3.13. The van der Waals surface area contributed by atoms with Crippen LogP contribution in [0.2, 0.25) is 0 Å². The van der Waals surface area contributed by atoms with Gasteiger partial charge in [-0.1, -0.05) is 0 Å². The topological polar surface area (TPSA) is 57.5 Å². The zero-order chi connectivity index (χ0) is 21.7. The average molecular weight is 450 g/mol. The van der Waals surface area contributed by atoms with E-state index < -0.39 is 29.8 Å². The molecule has 1 saturated carbocycles. The number of thiocarbonyl (C=S) groups is 1. The molecule has 0 amide bonds. The Hall–Kier alpha value is -2.95. The minimum atomic E-state index is -0.964. The van der Waals surface area contributed by atoms with Crippen LogP contribution in [0.4, 0.5) is 29.1 Å². The van der Waals surface area contributed by atoms with Gasteiger partial charge in [-0.2, -0.15) is 4.39 Å². The first-order chi connectivity index (χ1) is 14.9. The largest absolute Gasteiger partial charge is 0.357 e. The lowest BCUT2D eigenvalue weighted by atomic mass is 10.0. The van der Waals surface area contributed by atoms with Crippen molar-refractivity contribution in [2.45, 2.75) is 37.5 Å². The van der Waals surface area contributed by atoms with Gasteiger partial charge in [0.25, 0.3) is 5.95 Å². The molecule has 1 aliphatic heterocycles. The predicted octanol–water partition coefficient (Wildman–Crippen LogP) is 3.88. The normalized spacial score (nSPS) is 22.7. The van der Waals surface area contributed by atoms with Crippen molar-refractivity contribution in [3.8, 4) is 0 Å². The first-order valence-corrected chi connectivity index (χ1v) is 10.3. The number of alkyl halides is 1. The fourth-order valence-electron chi connectivity index (χ4n) is 3.93. The summed E-state index contributed by atoms with van der Waals surface area (Å²) in [7, 11) is 0. The summed E-state index contributed by atoms with van der Waals surface area (Å²) in [5.41, 5.74) is 0.396. The minimum absolute atomic E-state index is 0.0388. The molecule has 1 aliphatic carbocycles. The number of aromatic nitrogens is 3.